The van der Waals surface area contributed by atoms with Crippen molar-refractivity contribution in [2.24, 2.45) is 5.92 Å². The van der Waals surface area contributed by atoms with Crippen LogP contribution in [0.25, 0.3) is 0 Å². The van der Waals surface area contributed by atoms with Crippen LogP contribution in [0.15, 0.2) is 0 Å². The third-order valence-corrected chi connectivity index (χ3v) is 1.87. The third kappa shape index (κ3) is 5.74. The third-order valence-electron chi connectivity index (χ3n) is 1.87. The van der Waals surface area contributed by atoms with Crippen molar-refractivity contribution in [1.82, 2.24) is 0 Å². The first-order valence-electron chi connectivity index (χ1n) is 4.83. The van der Waals surface area contributed by atoms with E-state index in [1.54, 1.807) is 0 Å². The summed E-state index contributed by atoms with van der Waals surface area (Å²) in [6.45, 7) is 2.02. The average molecular weight is 212 g/mol. The second-order valence-electron chi connectivity index (χ2n) is 2.98. The number of methoxy groups -OCH3 is 2. The summed E-state index contributed by atoms with van der Waals surface area (Å²) < 4.78 is 8.94. The summed E-state index contributed by atoms with van der Waals surface area (Å²) in [6.07, 6.45) is 2.44. The molecule has 1 atom stereocenters. The van der Waals surface area contributed by atoms with Crippen LogP contribution in [0.4, 0.5) is 0 Å². The van der Waals surface area contributed by atoms with Crippen LogP contribution in [0.2, 0.25) is 0 Å². The Balaban J connectivity index is 4.40. The summed E-state index contributed by atoms with van der Waals surface area (Å²) in [5.74, 6) is 3.23. The van der Waals surface area contributed by atoms with Gasteiger partial charge in [0.25, 0.3) is 0 Å². The number of unbranched alkanes of at least 4 members (excludes halogenated alkanes) is 1. The number of esters is 2. The van der Waals surface area contributed by atoms with E-state index in [4.69, 9.17) is 0 Å². The Morgan fingerprint density at radius 3 is 2.40 bits per heavy atom. The molecule has 0 saturated carbocycles. The second kappa shape index (κ2) is 7.86. The summed E-state index contributed by atoms with van der Waals surface area (Å²) in [6, 6.07) is 0. The molecule has 0 bridgehead atoms. The van der Waals surface area contributed by atoms with Crippen LogP contribution in [-0.4, -0.2) is 26.2 Å². The van der Waals surface area contributed by atoms with Crippen molar-refractivity contribution in [3.63, 3.8) is 0 Å². The van der Waals surface area contributed by atoms with Crippen molar-refractivity contribution in [2.75, 3.05) is 14.2 Å². The highest BCUT2D eigenvalue weighted by atomic mass is 16.5. The minimum Gasteiger partial charge on any atom is -0.468 e. The highest BCUT2D eigenvalue weighted by Crippen LogP contribution is 2.09. The molecule has 0 aromatic heterocycles. The topological polar surface area (TPSA) is 52.6 Å². The molecule has 0 aliphatic rings. The van der Waals surface area contributed by atoms with E-state index in [1.807, 2.05) is 6.92 Å². The predicted molar refractivity (Wildman–Crippen MR) is 54.8 cm³/mol. The van der Waals surface area contributed by atoms with Crippen molar-refractivity contribution in [3.05, 3.63) is 0 Å². The first-order valence-corrected chi connectivity index (χ1v) is 4.83. The van der Waals surface area contributed by atoms with Crippen LogP contribution in [-0.2, 0) is 19.1 Å². The standard InChI is InChI=1S/C11H16O4/c1-4-5-6-9(11(13)15-3)7-8-10(12)14-2/h9H,4-6H2,1-3H3. The SMILES string of the molecule is CCCCC(C#CC(=O)OC)C(=O)OC. The zero-order chi connectivity index (χ0) is 11.7. The summed E-state index contributed by atoms with van der Waals surface area (Å²) >= 11 is 0. The first-order chi connectivity index (χ1) is 7.15. The molecule has 0 heterocycles. The van der Waals surface area contributed by atoms with Crippen LogP contribution in [0.5, 0.6) is 0 Å². The molecule has 1 unspecified atom stereocenters. The summed E-state index contributed by atoms with van der Waals surface area (Å²) in [4.78, 5) is 22.0. The minimum absolute atomic E-state index is 0.403. The molecule has 0 N–H and O–H groups in total. The van der Waals surface area contributed by atoms with E-state index < -0.39 is 17.9 Å². The molecule has 0 aliphatic carbocycles. The molecule has 0 aromatic carbocycles. The van der Waals surface area contributed by atoms with Gasteiger partial charge < -0.3 is 9.47 Å². The van der Waals surface area contributed by atoms with Crippen LogP contribution in [0.1, 0.15) is 26.2 Å². The fraction of sp³-hybridized carbons (Fsp3) is 0.636. The predicted octanol–water partition coefficient (Wildman–Crippen LogP) is 1.14. The molecule has 0 fully saturated rings. The van der Waals surface area contributed by atoms with Gasteiger partial charge >= 0.3 is 11.9 Å². The van der Waals surface area contributed by atoms with Gasteiger partial charge in [-0.3, -0.25) is 4.79 Å². The zero-order valence-corrected chi connectivity index (χ0v) is 9.33. The van der Waals surface area contributed by atoms with Crippen molar-refractivity contribution in [3.8, 4) is 11.8 Å². The Kier molecular flexibility index (Phi) is 7.08. The van der Waals surface area contributed by atoms with Gasteiger partial charge in [0.1, 0.15) is 5.92 Å². The van der Waals surface area contributed by atoms with Crippen molar-refractivity contribution < 1.29 is 19.1 Å². The van der Waals surface area contributed by atoms with Crippen molar-refractivity contribution >= 4 is 11.9 Å². The van der Waals surface area contributed by atoms with Gasteiger partial charge in [-0.2, -0.15) is 0 Å². The van der Waals surface area contributed by atoms with Gasteiger partial charge in [0, 0.05) is 5.92 Å². The molecule has 0 radical (unpaired) electrons. The highest BCUT2D eigenvalue weighted by Gasteiger charge is 2.15. The van der Waals surface area contributed by atoms with Gasteiger partial charge in [-0.15, -0.1) is 0 Å². The number of hydrogen-bond acceptors (Lipinski definition) is 4. The van der Waals surface area contributed by atoms with Gasteiger partial charge in [0.05, 0.1) is 14.2 Å². The van der Waals surface area contributed by atoms with Crippen LogP contribution >= 0.6 is 0 Å². The second-order valence-corrected chi connectivity index (χ2v) is 2.98. The van der Waals surface area contributed by atoms with Crippen LogP contribution in [0, 0.1) is 17.8 Å². The van der Waals surface area contributed by atoms with Crippen LogP contribution < -0.4 is 0 Å². The Hall–Kier alpha value is -1.50. The number of hydrogen-bond donors (Lipinski definition) is 0. The molecule has 0 amide bonds. The maximum Gasteiger partial charge on any atom is 0.384 e. The molecule has 0 spiro atoms. The number of carbonyl (C=O) groups is 2. The largest absolute Gasteiger partial charge is 0.468 e. The van der Waals surface area contributed by atoms with Gasteiger partial charge in [-0.1, -0.05) is 25.7 Å². The Bertz CT molecular complexity index is 272. The molecule has 84 valence electrons. The lowest BCUT2D eigenvalue weighted by Gasteiger charge is -2.06. The first kappa shape index (κ1) is 13.5. The van der Waals surface area contributed by atoms with E-state index in [0.29, 0.717) is 6.42 Å². The molecule has 4 heteroatoms. The van der Waals surface area contributed by atoms with E-state index in [1.165, 1.54) is 14.2 Å². The maximum atomic E-state index is 11.2. The molecule has 0 saturated heterocycles. The number of ether oxygens (including phenoxy) is 2. The number of rotatable bonds is 4. The normalized spacial score (nSPS) is 10.9. The van der Waals surface area contributed by atoms with Gasteiger partial charge in [0.2, 0.25) is 0 Å². The van der Waals surface area contributed by atoms with Gasteiger partial charge in [0.15, 0.2) is 0 Å². The quantitative estimate of drug-likeness (QED) is 0.398. The Morgan fingerprint density at radius 1 is 1.27 bits per heavy atom. The highest BCUT2D eigenvalue weighted by molar-refractivity contribution is 5.89. The van der Waals surface area contributed by atoms with Gasteiger partial charge in [-0.05, 0) is 6.42 Å². The monoisotopic (exact) mass is 212 g/mol. The maximum absolute atomic E-state index is 11.2. The van der Waals surface area contributed by atoms with E-state index in [-0.39, 0.29) is 0 Å². The van der Waals surface area contributed by atoms with E-state index in [0.717, 1.165) is 12.8 Å². The van der Waals surface area contributed by atoms with Crippen molar-refractivity contribution in [1.29, 1.82) is 0 Å². The molecule has 0 aromatic rings. The smallest absolute Gasteiger partial charge is 0.384 e. The lowest BCUT2D eigenvalue weighted by Crippen LogP contribution is -2.14. The van der Waals surface area contributed by atoms with Crippen LogP contribution in [0.3, 0.4) is 0 Å². The zero-order valence-electron chi connectivity index (χ0n) is 9.33. The van der Waals surface area contributed by atoms with Gasteiger partial charge in [-0.25, -0.2) is 4.79 Å². The molecule has 0 rings (SSSR count). The summed E-state index contributed by atoms with van der Waals surface area (Å²) in [7, 11) is 2.55. The van der Waals surface area contributed by atoms with E-state index >= 15 is 0 Å². The Morgan fingerprint density at radius 2 is 1.93 bits per heavy atom. The average Bonchev–Trinajstić information content (AvgIpc) is 2.27. The molecular formula is C11H16O4. The van der Waals surface area contributed by atoms with E-state index in [2.05, 4.69) is 21.3 Å². The summed E-state index contributed by atoms with van der Waals surface area (Å²) in [5.41, 5.74) is 0. The molecular weight excluding hydrogens is 196 g/mol. The fourth-order valence-corrected chi connectivity index (χ4v) is 0.997. The molecule has 4 nitrogen and oxygen atoms in total. The van der Waals surface area contributed by atoms with Crippen molar-refractivity contribution in [2.45, 2.75) is 26.2 Å². The lowest BCUT2D eigenvalue weighted by molar-refractivity contribution is -0.143. The van der Waals surface area contributed by atoms with E-state index in [9.17, 15) is 9.59 Å². The fourth-order valence-electron chi connectivity index (χ4n) is 0.997. The number of carbonyl (C=O) groups excluding carboxylic acids is 2. The molecule has 15 heavy (non-hydrogen) atoms. The molecule has 0 aliphatic heterocycles. The Labute approximate surface area is 89.9 Å². The summed E-state index contributed by atoms with van der Waals surface area (Å²) in [5, 5.41) is 0. The lowest BCUT2D eigenvalue weighted by atomic mass is 10.0. The minimum atomic E-state index is -0.639.